The molecule has 29 heavy (non-hydrogen) atoms. The highest BCUT2D eigenvalue weighted by atomic mass is 79.9. The number of carbonyl (C=O) groups is 1. The molecule has 0 radical (unpaired) electrons. The fraction of sp³-hybridized carbons (Fsp3) is 0.524. The summed E-state index contributed by atoms with van der Waals surface area (Å²) in [6.07, 6.45) is 5.05. The summed E-state index contributed by atoms with van der Waals surface area (Å²) in [5.74, 6) is -0.0288. The lowest BCUT2D eigenvalue weighted by Gasteiger charge is -2.44. The van der Waals surface area contributed by atoms with Gasteiger partial charge in [0.2, 0.25) is 12.3 Å². The summed E-state index contributed by atoms with van der Waals surface area (Å²) in [5, 5.41) is 15.2. The quantitative estimate of drug-likeness (QED) is 0.681. The number of halogens is 1. The Kier molecular flexibility index (Phi) is 5.44. The first-order valence-corrected chi connectivity index (χ1v) is 10.8. The maximum atomic E-state index is 12.4. The smallest absolute Gasteiger partial charge is 0.238 e. The fourth-order valence-corrected chi connectivity index (χ4v) is 4.48. The molecule has 2 atom stereocenters. The largest absolute Gasteiger partial charge is 0.351 e. The second-order valence-electron chi connectivity index (χ2n) is 8.16. The molecule has 1 aromatic carbocycles. The Morgan fingerprint density at radius 1 is 1.31 bits per heavy atom. The number of aliphatic hydroxyl groups excluding tert-OH is 1. The van der Waals surface area contributed by atoms with E-state index >= 15 is 0 Å². The number of nitrogens with zero attached hydrogens (tertiary/aromatic N) is 4. The highest BCUT2D eigenvalue weighted by Gasteiger charge is 2.35. The molecule has 2 heterocycles. The van der Waals surface area contributed by atoms with Crippen LogP contribution in [0, 0.1) is 0 Å². The molecule has 1 fully saturated rings. The van der Waals surface area contributed by atoms with Crippen LogP contribution < -0.4 is 9.80 Å². The first kappa shape index (κ1) is 20.4. The Labute approximate surface area is 179 Å². The molecule has 2 aliphatic rings. The first-order chi connectivity index (χ1) is 13.8. The van der Waals surface area contributed by atoms with Gasteiger partial charge >= 0.3 is 0 Å². The van der Waals surface area contributed by atoms with E-state index in [1.54, 1.807) is 11.8 Å². The number of hydrogen-bond acceptors (Lipinski definition) is 5. The van der Waals surface area contributed by atoms with Crippen molar-refractivity contribution in [3.8, 4) is 11.1 Å². The molecule has 1 aliphatic carbocycles. The van der Waals surface area contributed by atoms with E-state index in [9.17, 15) is 9.90 Å². The molecular formula is C21H27BrN4O3. The second kappa shape index (κ2) is 7.74. The average molecular weight is 463 g/mol. The van der Waals surface area contributed by atoms with Crippen LogP contribution in [-0.2, 0) is 9.53 Å². The number of aromatic nitrogens is 2. The van der Waals surface area contributed by atoms with Gasteiger partial charge in [0.1, 0.15) is 0 Å². The van der Waals surface area contributed by atoms with Gasteiger partial charge in [-0.25, -0.2) is 0 Å². The third kappa shape index (κ3) is 3.93. The van der Waals surface area contributed by atoms with Crippen LogP contribution in [0.25, 0.3) is 11.1 Å². The Bertz CT molecular complexity index is 925. The molecule has 8 heteroatoms. The maximum absolute atomic E-state index is 12.4. The number of hydrogen-bond donors (Lipinski definition) is 1. The predicted molar refractivity (Wildman–Crippen MR) is 116 cm³/mol. The lowest BCUT2D eigenvalue weighted by molar-refractivity contribution is -0.127. The van der Waals surface area contributed by atoms with Crippen molar-refractivity contribution in [1.29, 1.82) is 0 Å². The van der Waals surface area contributed by atoms with E-state index in [1.807, 2.05) is 48.7 Å². The third-order valence-corrected chi connectivity index (χ3v) is 6.02. The van der Waals surface area contributed by atoms with Gasteiger partial charge in [-0.2, -0.15) is 5.10 Å². The first-order valence-electron chi connectivity index (χ1n) is 10.0. The third-order valence-electron chi connectivity index (χ3n) is 5.37. The summed E-state index contributed by atoms with van der Waals surface area (Å²) in [4.78, 5) is 16.0. The minimum absolute atomic E-state index is 0.0288. The number of fused-ring (bicyclic) bond motifs is 1. The van der Waals surface area contributed by atoms with Crippen LogP contribution in [-0.4, -0.2) is 45.9 Å². The van der Waals surface area contributed by atoms with Gasteiger partial charge in [0, 0.05) is 35.3 Å². The monoisotopic (exact) mass is 462 g/mol. The highest BCUT2D eigenvalue weighted by Crippen LogP contribution is 2.44. The van der Waals surface area contributed by atoms with E-state index in [0.29, 0.717) is 12.6 Å². The van der Waals surface area contributed by atoms with Crippen molar-refractivity contribution >= 4 is 33.2 Å². The van der Waals surface area contributed by atoms with E-state index in [-0.39, 0.29) is 18.1 Å². The van der Waals surface area contributed by atoms with Gasteiger partial charge < -0.3 is 19.6 Å². The van der Waals surface area contributed by atoms with Crippen LogP contribution in [0.2, 0.25) is 0 Å². The summed E-state index contributed by atoms with van der Waals surface area (Å²) >= 11 is 3.68. The van der Waals surface area contributed by atoms with Crippen LogP contribution >= 0.6 is 15.9 Å². The summed E-state index contributed by atoms with van der Waals surface area (Å²) < 4.78 is 8.55. The Balaban J connectivity index is 1.80. The molecule has 1 saturated carbocycles. The molecule has 1 N–H and O–H groups in total. The standard InChI is InChI=1S/C21H27BrN4O3/c1-12(2)29-21(28)24-10-13(3)26(14(4)27)20-8-18(22)17(7-19(20)24)15-9-23-25(11-15)16-5-6-16/h7-9,11-13,16,21,28H,5-6,10H2,1-4H3/t13-,21?/m0/s1. The zero-order valence-corrected chi connectivity index (χ0v) is 18.8. The Morgan fingerprint density at radius 2 is 2.03 bits per heavy atom. The highest BCUT2D eigenvalue weighted by molar-refractivity contribution is 9.10. The topological polar surface area (TPSA) is 70.8 Å². The number of benzene rings is 1. The molecule has 1 unspecified atom stereocenters. The lowest BCUT2D eigenvalue weighted by atomic mass is 10.0. The number of aliphatic hydroxyl groups is 1. The van der Waals surface area contributed by atoms with Gasteiger partial charge in [0.25, 0.3) is 0 Å². The summed E-state index contributed by atoms with van der Waals surface area (Å²) in [6, 6.07) is 4.36. The minimum Gasteiger partial charge on any atom is -0.351 e. The lowest BCUT2D eigenvalue weighted by Crippen LogP contribution is -2.53. The van der Waals surface area contributed by atoms with E-state index < -0.39 is 6.41 Å². The molecule has 0 spiro atoms. The summed E-state index contributed by atoms with van der Waals surface area (Å²) in [6.45, 7) is 7.79. The molecule has 1 aliphatic heterocycles. The summed E-state index contributed by atoms with van der Waals surface area (Å²) in [5.41, 5.74) is 3.49. The number of carbonyl (C=O) groups excluding carboxylic acids is 1. The van der Waals surface area contributed by atoms with Gasteiger partial charge in [-0.15, -0.1) is 0 Å². The Hall–Kier alpha value is -1.90. The molecule has 0 bridgehead atoms. The molecule has 1 aromatic heterocycles. The van der Waals surface area contributed by atoms with Crippen LogP contribution in [0.15, 0.2) is 29.0 Å². The van der Waals surface area contributed by atoms with Gasteiger partial charge in [0.15, 0.2) is 0 Å². The van der Waals surface area contributed by atoms with E-state index in [4.69, 9.17) is 4.74 Å². The van der Waals surface area contributed by atoms with Crippen molar-refractivity contribution in [2.24, 2.45) is 0 Å². The molecule has 1 amide bonds. The SMILES string of the molecule is CC(=O)N1c2cc(Br)c(-c3cnn(C4CC4)c3)cc2N(C(O)OC(C)C)C[C@@H]1C. The molecule has 2 aromatic rings. The molecular weight excluding hydrogens is 436 g/mol. The van der Waals surface area contributed by atoms with Gasteiger partial charge in [0.05, 0.1) is 35.8 Å². The van der Waals surface area contributed by atoms with Gasteiger partial charge in [-0.1, -0.05) is 15.9 Å². The molecule has 0 saturated heterocycles. The van der Waals surface area contributed by atoms with Crippen LogP contribution in [0.3, 0.4) is 0 Å². The van der Waals surface area contributed by atoms with Crippen molar-refractivity contribution in [3.63, 3.8) is 0 Å². The second-order valence-corrected chi connectivity index (χ2v) is 9.02. The van der Waals surface area contributed by atoms with Crippen LogP contribution in [0.4, 0.5) is 11.4 Å². The van der Waals surface area contributed by atoms with E-state index in [2.05, 4.69) is 27.2 Å². The number of rotatable bonds is 5. The van der Waals surface area contributed by atoms with Crippen LogP contribution in [0.1, 0.15) is 46.6 Å². The van der Waals surface area contributed by atoms with Crippen molar-refractivity contribution in [1.82, 2.24) is 9.78 Å². The zero-order chi connectivity index (χ0) is 20.9. The predicted octanol–water partition coefficient (Wildman–Crippen LogP) is 3.91. The van der Waals surface area contributed by atoms with E-state index in [0.717, 1.165) is 27.0 Å². The summed E-state index contributed by atoms with van der Waals surface area (Å²) in [7, 11) is 0. The molecule has 156 valence electrons. The van der Waals surface area contributed by atoms with Crippen LogP contribution in [0.5, 0.6) is 0 Å². The maximum Gasteiger partial charge on any atom is 0.238 e. The number of amides is 1. The van der Waals surface area contributed by atoms with Crippen molar-refractivity contribution < 1.29 is 14.6 Å². The normalized spacial score (nSPS) is 20.2. The van der Waals surface area contributed by atoms with Crippen molar-refractivity contribution in [3.05, 3.63) is 29.0 Å². The zero-order valence-electron chi connectivity index (χ0n) is 17.2. The van der Waals surface area contributed by atoms with Gasteiger partial charge in [-0.05, 0) is 45.7 Å². The number of ether oxygens (including phenoxy) is 1. The fourth-order valence-electron chi connectivity index (χ4n) is 3.92. The van der Waals surface area contributed by atoms with Crippen molar-refractivity contribution in [2.45, 2.75) is 65.1 Å². The van der Waals surface area contributed by atoms with E-state index in [1.165, 1.54) is 12.8 Å². The average Bonchev–Trinajstić information content (AvgIpc) is 3.37. The van der Waals surface area contributed by atoms with Crippen molar-refractivity contribution in [2.75, 3.05) is 16.3 Å². The molecule has 4 rings (SSSR count). The Morgan fingerprint density at radius 3 is 2.66 bits per heavy atom. The minimum atomic E-state index is -1.09. The molecule has 7 nitrogen and oxygen atoms in total. The number of anilines is 2. The van der Waals surface area contributed by atoms with Gasteiger partial charge in [-0.3, -0.25) is 9.48 Å².